The maximum atomic E-state index is 9.33. The minimum Gasteiger partial charge on any atom is -0.392 e. The molecule has 2 atom stereocenters. The average molecular weight is 157 g/mol. The van der Waals surface area contributed by atoms with Crippen LogP contribution in [0.15, 0.2) is 0 Å². The Bertz CT molecular complexity index is 116. The number of unbranched alkanes of at least 4 members (excludes halogenated alkanes) is 1. The van der Waals surface area contributed by atoms with E-state index in [9.17, 15) is 5.11 Å². The van der Waals surface area contributed by atoms with Crippen molar-refractivity contribution < 1.29 is 5.11 Å². The fourth-order valence-electron chi connectivity index (χ4n) is 1.74. The Balaban J connectivity index is 2.23. The van der Waals surface area contributed by atoms with Gasteiger partial charge in [0.25, 0.3) is 0 Å². The van der Waals surface area contributed by atoms with Gasteiger partial charge in [0.15, 0.2) is 0 Å². The molecule has 0 aliphatic carbocycles. The lowest BCUT2D eigenvalue weighted by molar-refractivity contribution is 0.174. The summed E-state index contributed by atoms with van der Waals surface area (Å²) in [6.07, 6.45) is 3.40. The third-order valence-corrected chi connectivity index (χ3v) is 2.48. The first-order chi connectivity index (χ1) is 5.24. The Labute approximate surface area is 69.2 Å². The molecule has 2 heteroatoms. The zero-order valence-corrected chi connectivity index (χ0v) is 7.58. The largest absolute Gasteiger partial charge is 0.392 e. The van der Waals surface area contributed by atoms with Crippen molar-refractivity contribution in [3.05, 3.63) is 0 Å². The molecule has 66 valence electrons. The van der Waals surface area contributed by atoms with E-state index >= 15 is 0 Å². The number of aliphatic hydroxyl groups is 1. The van der Waals surface area contributed by atoms with Crippen LogP contribution in [0.25, 0.3) is 0 Å². The van der Waals surface area contributed by atoms with Crippen molar-refractivity contribution in [1.29, 1.82) is 0 Å². The van der Waals surface area contributed by atoms with Gasteiger partial charge in [-0.05, 0) is 26.3 Å². The van der Waals surface area contributed by atoms with Crippen LogP contribution in [0.3, 0.4) is 0 Å². The molecule has 2 nitrogen and oxygen atoms in total. The summed E-state index contributed by atoms with van der Waals surface area (Å²) in [7, 11) is 0. The summed E-state index contributed by atoms with van der Waals surface area (Å²) in [5.74, 6) is 0. The lowest BCUT2D eigenvalue weighted by Gasteiger charge is -2.19. The second-order valence-electron chi connectivity index (χ2n) is 3.59. The molecule has 1 saturated heterocycles. The van der Waals surface area contributed by atoms with E-state index in [0.29, 0.717) is 6.04 Å². The van der Waals surface area contributed by atoms with Crippen LogP contribution in [0.5, 0.6) is 0 Å². The molecule has 1 fully saturated rings. The SMILES string of the molecule is CCCCN1C[C@@H](O)C[C@@H]1C. The van der Waals surface area contributed by atoms with E-state index in [1.807, 2.05) is 0 Å². The minimum atomic E-state index is -0.0677. The Hall–Kier alpha value is -0.0800. The number of likely N-dealkylation sites (tertiary alicyclic amines) is 1. The zero-order chi connectivity index (χ0) is 8.27. The van der Waals surface area contributed by atoms with Crippen LogP contribution in [-0.2, 0) is 0 Å². The standard InChI is InChI=1S/C9H19NO/c1-3-4-5-10-7-9(11)6-8(10)2/h8-9,11H,3-7H2,1-2H3/t8-,9-/m0/s1. The molecule has 0 spiro atoms. The highest BCUT2D eigenvalue weighted by molar-refractivity contribution is 4.81. The molecule has 0 aromatic heterocycles. The van der Waals surface area contributed by atoms with E-state index in [2.05, 4.69) is 18.7 Å². The third-order valence-electron chi connectivity index (χ3n) is 2.48. The number of nitrogens with zero attached hydrogens (tertiary/aromatic N) is 1. The molecule has 0 aromatic carbocycles. The van der Waals surface area contributed by atoms with E-state index in [-0.39, 0.29) is 6.10 Å². The molecule has 0 saturated carbocycles. The molecular formula is C9H19NO. The summed E-state index contributed by atoms with van der Waals surface area (Å²) in [4.78, 5) is 2.38. The van der Waals surface area contributed by atoms with Gasteiger partial charge in [0.2, 0.25) is 0 Å². The highest BCUT2D eigenvalue weighted by Crippen LogP contribution is 2.17. The molecule has 1 heterocycles. The lowest BCUT2D eigenvalue weighted by Crippen LogP contribution is -2.28. The molecule has 1 aliphatic rings. The van der Waals surface area contributed by atoms with Gasteiger partial charge in [0, 0.05) is 12.6 Å². The smallest absolute Gasteiger partial charge is 0.0682 e. The van der Waals surface area contributed by atoms with Gasteiger partial charge in [-0.25, -0.2) is 0 Å². The van der Waals surface area contributed by atoms with Gasteiger partial charge in [-0.15, -0.1) is 0 Å². The predicted molar refractivity (Wildman–Crippen MR) is 46.6 cm³/mol. The maximum absolute atomic E-state index is 9.33. The third kappa shape index (κ3) is 2.46. The second kappa shape index (κ2) is 4.07. The van der Waals surface area contributed by atoms with E-state index < -0.39 is 0 Å². The van der Waals surface area contributed by atoms with Crippen molar-refractivity contribution >= 4 is 0 Å². The quantitative estimate of drug-likeness (QED) is 0.666. The minimum absolute atomic E-state index is 0.0677. The first-order valence-corrected chi connectivity index (χ1v) is 4.66. The topological polar surface area (TPSA) is 23.5 Å². The second-order valence-corrected chi connectivity index (χ2v) is 3.59. The Morgan fingerprint density at radius 2 is 2.27 bits per heavy atom. The van der Waals surface area contributed by atoms with Gasteiger partial charge in [-0.2, -0.15) is 0 Å². The molecule has 0 unspecified atom stereocenters. The highest BCUT2D eigenvalue weighted by Gasteiger charge is 2.26. The van der Waals surface area contributed by atoms with Crippen LogP contribution in [-0.4, -0.2) is 35.2 Å². The molecule has 1 rings (SSSR count). The van der Waals surface area contributed by atoms with Crippen molar-refractivity contribution in [2.24, 2.45) is 0 Å². The maximum Gasteiger partial charge on any atom is 0.0682 e. The van der Waals surface area contributed by atoms with Crippen molar-refractivity contribution in [1.82, 2.24) is 4.90 Å². The Morgan fingerprint density at radius 3 is 2.73 bits per heavy atom. The molecule has 1 aliphatic heterocycles. The van der Waals surface area contributed by atoms with Crippen molar-refractivity contribution in [2.75, 3.05) is 13.1 Å². The molecule has 1 N–H and O–H groups in total. The summed E-state index contributed by atoms with van der Waals surface area (Å²) in [5, 5.41) is 9.33. The molecule has 0 bridgehead atoms. The first-order valence-electron chi connectivity index (χ1n) is 4.66. The van der Waals surface area contributed by atoms with E-state index in [4.69, 9.17) is 0 Å². The van der Waals surface area contributed by atoms with Crippen LogP contribution in [0.2, 0.25) is 0 Å². The number of hydrogen-bond donors (Lipinski definition) is 1. The number of β-amino-alcohol motifs (C(OH)–C–C–N with tert-alkyl or cyclic N) is 1. The normalized spacial score (nSPS) is 33.0. The van der Waals surface area contributed by atoms with Gasteiger partial charge in [-0.1, -0.05) is 13.3 Å². The van der Waals surface area contributed by atoms with E-state index in [0.717, 1.165) is 19.5 Å². The molecule has 0 amide bonds. The van der Waals surface area contributed by atoms with Crippen molar-refractivity contribution in [3.63, 3.8) is 0 Å². The fourth-order valence-corrected chi connectivity index (χ4v) is 1.74. The highest BCUT2D eigenvalue weighted by atomic mass is 16.3. The van der Waals surface area contributed by atoms with Crippen LogP contribution < -0.4 is 0 Å². The monoisotopic (exact) mass is 157 g/mol. The average Bonchev–Trinajstić information content (AvgIpc) is 2.26. The molecule has 0 aromatic rings. The van der Waals surface area contributed by atoms with E-state index in [1.54, 1.807) is 0 Å². The lowest BCUT2D eigenvalue weighted by atomic mass is 10.2. The van der Waals surface area contributed by atoms with Crippen LogP contribution in [0, 0.1) is 0 Å². The Kier molecular flexibility index (Phi) is 3.34. The first kappa shape index (κ1) is 9.01. The van der Waals surface area contributed by atoms with Crippen molar-refractivity contribution in [3.8, 4) is 0 Å². The summed E-state index contributed by atoms with van der Waals surface area (Å²) in [6, 6.07) is 0.594. The number of hydrogen-bond acceptors (Lipinski definition) is 2. The summed E-state index contributed by atoms with van der Waals surface area (Å²) < 4.78 is 0. The molecule has 11 heavy (non-hydrogen) atoms. The van der Waals surface area contributed by atoms with Crippen LogP contribution in [0.4, 0.5) is 0 Å². The predicted octanol–water partition coefficient (Wildman–Crippen LogP) is 1.24. The molecule has 0 radical (unpaired) electrons. The Morgan fingerprint density at radius 1 is 1.55 bits per heavy atom. The summed E-state index contributed by atoms with van der Waals surface area (Å²) in [6.45, 7) is 6.46. The van der Waals surface area contributed by atoms with E-state index in [1.165, 1.54) is 12.8 Å². The van der Waals surface area contributed by atoms with Crippen molar-refractivity contribution in [2.45, 2.75) is 45.3 Å². The van der Waals surface area contributed by atoms with Crippen LogP contribution >= 0.6 is 0 Å². The number of rotatable bonds is 3. The zero-order valence-electron chi connectivity index (χ0n) is 7.58. The van der Waals surface area contributed by atoms with Gasteiger partial charge in [0.1, 0.15) is 0 Å². The summed E-state index contributed by atoms with van der Waals surface area (Å²) in [5.41, 5.74) is 0. The summed E-state index contributed by atoms with van der Waals surface area (Å²) >= 11 is 0. The molecular weight excluding hydrogens is 138 g/mol. The van der Waals surface area contributed by atoms with Crippen LogP contribution in [0.1, 0.15) is 33.1 Å². The fraction of sp³-hybridized carbons (Fsp3) is 1.00. The van der Waals surface area contributed by atoms with Gasteiger partial charge in [0.05, 0.1) is 6.10 Å². The number of aliphatic hydroxyl groups excluding tert-OH is 1. The van der Waals surface area contributed by atoms with Gasteiger partial charge in [-0.3, -0.25) is 4.90 Å². The van der Waals surface area contributed by atoms with Gasteiger partial charge < -0.3 is 5.11 Å². The van der Waals surface area contributed by atoms with Gasteiger partial charge >= 0.3 is 0 Å².